The van der Waals surface area contributed by atoms with Crippen molar-refractivity contribution in [3.05, 3.63) is 52.3 Å². The maximum absolute atomic E-state index is 12.4. The number of rotatable bonds is 1. The molecule has 94 valence electrons. The Hall–Kier alpha value is -1.26. The minimum absolute atomic E-state index is 0.160. The molecule has 1 aromatic carbocycles. The quantitative estimate of drug-likeness (QED) is 0.668. The van der Waals surface area contributed by atoms with E-state index in [2.05, 4.69) is 4.98 Å². The van der Waals surface area contributed by atoms with Crippen LogP contribution in [0.2, 0.25) is 10.2 Å². The molecular weight excluding hydrogens is 286 g/mol. The third-order valence-electron chi connectivity index (χ3n) is 2.34. The van der Waals surface area contributed by atoms with E-state index in [0.29, 0.717) is 11.1 Å². The molecule has 0 unspecified atom stereocenters. The van der Waals surface area contributed by atoms with Crippen LogP contribution in [0.15, 0.2) is 36.5 Å². The van der Waals surface area contributed by atoms with Crippen molar-refractivity contribution in [3.8, 4) is 11.1 Å². The molecule has 0 spiro atoms. The van der Waals surface area contributed by atoms with E-state index in [1.807, 2.05) is 0 Å². The minimum Gasteiger partial charge on any atom is -0.242 e. The van der Waals surface area contributed by atoms with Gasteiger partial charge in [0.05, 0.1) is 10.6 Å². The van der Waals surface area contributed by atoms with Crippen LogP contribution in [0.5, 0.6) is 0 Å². The summed E-state index contributed by atoms with van der Waals surface area (Å²) in [5, 5.41) is 0.418. The Balaban J connectivity index is 2.37. The Morgan fingerprint density at radius 2 is 1.56 bits per heavy atom. The number of nitrogens with zero attached hydrogens (tertiary/aromatic N) is 1. The van der Waals surface area contributed by atoms with E-state index < -0.39 is 11.7 Å². The summed E-state index contributed by atoms with van der Waals surface area (Å²) in [6.45, 7) is 0. The SMILES string of the molecule is FC(F)(F)c1ccc(-c2cnc(Cl)c(Cl)c2)cc1. The van der Waals surface area contributed by atoms with Gasteiger partial charge in [-0.25, -0.2) is 4.98 Å². The Kier molecular flexibility index (Phi) is 3.50. The van der Waals surface area contributed by atoms with Crippen LogP contribution in [0, 0.1) is 0 Å². The van der Waals surface area contributed by atoms with Crippen LogP contribution in [-0.4, -0.2) is 4.98 Å². The van der Waals surface area contributed by atoms with E-state index in [1.54, 1.807) is 6.07 Å². The summed E-state index contributed by atoms with van der Waals surface area (Å²) in [5.41, 5.74) is 0.506. The van der Waals surface area contributed by atoms with Crippen LogP contribution in [0.25, 0.3) is 11.1 Å². The molecule has 18 heavy (non-hydrogen) atoms. The highest BCUT2D eigenvalue weighted by Gasteiger charge is 2.29. The van der Waals surface area contributed by atoms with Gasteiger partial charge in [0.15, 0.2) is 0 Å². The maximum Gasteiger partial charge on any atom is 0.416 e. The Morgan fingerprint density at radius 3 is 2.06 bits per heavy atom. The van der Waals surface area contributed by atoms with Gasteiger partial charge in [-0.3, -0.25) is 0 Å². The lowest BCUT2D eigenvalue weighted by Gasteiger charge is -2.08. The summed E-state index contributed by atoms with van der Waals surface area (Å²) in [7, 11) is 0. The first-order chi connectivity index (χ1) is 8.38. The summed E-state index contributed by atoms with van der Waals surface area (Å²) in [6, 6.07) is 6.31. The van der Waals surface area contributed by atoms with Gasteiger partial charge in [-0.05, 0) is 23.8 Å². The predicted octanol–water partition coefficient (Wildman–Crippen LogP) is 5.07. The molecule has 0 bridgehead atoms. The number of aromatic nitrogens is 1. The molecule has 0 aliphatic heterocycles. The topological polar surface area (TPSA) is 12.9 Å². The van der Waals surface area contributed by atoms with Crippen LogP contribution >= 0.6 is 23.2 Å². The predicted molar refractivity (Wildman–Crippen MR) is 64.7 cm³/mol. The maximum atomic E-state index is 12.4. The average molecular weight is 292 g/mol. The van der Waals surface area contributed by atoms with E-state index in [-0.39, 0.29) is 10.2 Å². The van der Waals surface area contributed by atoms with Crippen LogP contribution in [0.1, 0.15) is 5.56 Å². The van der Waals surface area contributed by atoms with Gasteiger partial charge in [0, 0.05) is 11.8 Å². The summed E-state index contributed by atoms with van der Waals surface area (Å²) >= 11 is 11.5. The zero-order chi connectivity index (χ0) is 13.3. The summed E-state index contributed by atoms with van der Waals surface area (Å²) < 4.78 is 37.2. The average Bonchev–Trinajstić information content (AvgIpc) is 2.32. The fraction of sp³-hybridized carbons (Fsp3) is 0.0833. The fourth-order valence-electron chi connectivity index (χ4n) is 1.43. The van der Waals surface area contributed by atoms with Crippen LogP contribution in [0.4, 0.5) is 13.2 Å². The third kappa shape index (κ3) is 2.76. The van der Waals surface area contributed by atoms with Crippen LogP contribution < -0.4 is 0 Å². The summed E-state index contributed by atoms with van der Waals surface area (Å²) in [6.07, 6.45) is -2.88. The van der Waals surface area contributed by atoms with Crippen molar-refractivity contribution < 1.29 is 13.2 Å². The molecule has 0 N–H and O–H groups in total. The minimum atomic E-state index is -4.34. The molecule has 1 aromatic heterocycles. The van der Waals surface area contributed by atoms with Crippen molar-refractivity contribution in [3.63, 3.8) is 0 Å². The number of halogens is 5. The number of hydrogen-bond donors (Lipinski definition) is 0. The number of pyridine rings is 1. The second-order valence-corrected chi connectivity index (χ2v) is 4.34. The Bertz CT molecular complexity index is 565. The second-order valence-electron chi connectivity index (χ2n) is 3.57. The first-order valence-corrected chi connectivity index (χ1v) is 5.62. The standard InChI is InChI=1S/C12H6Cl2F3N/c13-10-5-8(6-18-11(10)14)7-1-3-9(4-2-7)12(15,16)17/h1-6H. The molecule has 2 aromatic rings. The van der Waals surface area contributed by atoms with E-state index in [9.17, 15) is 13.2 Å². The second kappa shape index (κ2) is 4.78. The van der Waals surface area contributed by atoms with Crippen molar-refractivity contribution in [1.29, 1.82) is 0 Å². The van der Waals surface area contributed by atoms with Crippen LogP contribution in [-0.2, 0) is 6.18 Å². The van der Waals surface area contributed by atoms with Gasteiger partial charge in [-0.15, -0.1) is 0 Å². The number of hydrogen-bond acceptors (Lipinski definition) is 1. The molecule has 0 atom stereocenters. The molecule has 0 aliphatic rings. The van der Waals surface area contributed by atoms with Gasteiger partial charge >= 0.3 is 6.18 Å². The molecule has 2 rings (SSSR count). The monoisotopic (exact) mass is 291 g/mol. The molecule has 1 heterocycles. The zero-order valence-electron chi connectivity index (χ0n) is 8.80. The first kappa shape index (κ1) is 13.2. The molecule has 0 fully saturated rings. The van der Waals surface area contributed by atoms with Crippen molar-refractivity contribution in [2.45, 2.75) is 6.18 Å². The van der Waals surface area contributed by atoms with Gasteiger partial charge in [0.2, 0.25) is 0 Å². The molecule has 0 radical (unpaired) electrons. The highest BCUT2D eigenvalue weighted by Crippen LogP contribution is 2.32. The van der Waals surface area contributed by atoms with E-state index in [1.165, 1.54) is 18.3 Å². The third-order valence-corrected chi connectivity index (χ3v) is 3.03. The van der Waals surface area contributed by atoms with Crippen molar-refractivity contribution in [1.82, 2.24) is 4.98 Å². The van der Waals surface area contributed by atoms with Gasteiger partial charge < -0.3 is 0 Å². The lowest BCUT2D eigenvalue weighted by atomic mass is 10.1. The Labute approximate surface area is 111 Å². The molecule has 1 nitrogen and oxygen atoms in total. The zero-order valence-corrected chi connectivity index (χ0v) is 10.3. The molecular formula is C12H6Cl2F3N. The van der Waals surface area contributed by atoms with Crippen molar-refractivity contribution >= 4 is 23.2 Å². The molecule has 0 saturated heterocycles. The van der Waals surface area contributed by atoms with Crippen molar-refractivity contribution in [2.75, 3.05) is 0 Å². The van der Waals surface area contributed by atoms with Gasteiger partial charge in [0.25, 0.3) is 0 Å². The number of benzene rings is 1. The van der Waals surface area contributed by atoms with Gasteiger partial charge in [-0.2, -0.15) is 13.2 Å². The van der Waals surface area contributed by atoms with E-state index in [0.717, 1.165) is 12.1 Å². The molecule has 0 saturated carbocycles. The smallest absolute Gasteiger partial charge is 0.242 e. The van der Waals surface area contributed by atoms with Gasteiger partial charge in [0.1, 0.15) is 5.15 Å². The fourth-order valence-corrected chi connectivity index (χ4v) is 1.70. The summed E-state index contributed by atoms with van der Waals surface area (Å²) in [4.78, 5) is 3.84. The molecule has 6 heteroatoms. The van der Waals surface area contributed by atoms with Gasteiger partial charge in [-0.1, -0.05) is 35.3 Å². The molecule has 0 amide bonds. The van der Waals surface area contributed by atoms with E-state index in [4.69, 9.17) is 23.2 Å². The lowest BCUT2D eigenvalue weighted by molar-refractivity contribution is -0.137. The first-order valence-electron chi connectivity index (χ1n) is 4.86. The highest BCUT2D eigenvalue weighted by molar-refractivity contribution is 6.41. The van der Waals surface area contributed by atoms with Crippen molar-refractivity contribution in [2.24, 2.45) is 0 Å². The largest absolute Gasteiger partial charge is 0.416 e. The highest BCUT2D eigenvalue weighted by atomic mass is 35.5. The van der Waals surface area contributed by atoms with E-state index >= 15 is 0 Å². The molecule has 0 aliphatic carbocycles. The number of alkyl halides is 3. The summed E-state index contributed by atoms with van der Waals surface area (Å²) in [5.74, 6) is 0. The normalized spacial score (nSPS) is 11.6. The lowest BCUT2D eigenvalue weighted by Crippen LogP contribution is -2.03. The van der Waals surface area contributed by atoms with Crippen LogP contribution in [0.3, 0.4) is 0 Å². The Morgan fingerprint density at radius 1 is 0.944 bits per heavy atom.